The Hall–Kier alpha value is -1.90. The van der Waals surface area contributed by atoms with Crippen LogP contribution in [0.15, 0.2) is 24.3 Å². The number of para-hydroxylation sites is 1. The minimum Gasteiger partial charge on any atom is -0.377 e. The first-order valence-electron chi connectivity index (χ1n) is 5.16. The molecule has 0 amide bonds. The average Bonchev–Trinajstić information content (AvgIpc) is 2.27. The fourth-order valence-electron chi connectivity index (χ4n) is 1.84. The molecule has 0 fully saturated rings. The molecule has 82 valence electrons. The van der Waals surface area contributed by atoms with Crippen LogP contribution in [0.25, 0.3) is 10.9 Å². The Balaban J connectivity index is 2.88. The summed E-state index contributed by atoms with van der Waals surface area (Å²) in [6.07, 6.45) is 0.855. The second kappa shape index (κ2) is 3.93. The minimum atomic E-state index is 0.643. The van der Waals surface area contributed by atoms with Gasteiger partial charge in [-0.15, -0.1) is 0 Å². The molecule has 0 spiro atoms. The molecular formula is C13H14N2O. The molecule has 0 unspecified atom stereocenters. The van der Waals surface area contributed by atoms with E-state index in [4.69, 9.17) is 0 Å². The number of aryl methyl sites for hydroxylation is 1. The van der Waals surface area contributed by atoms with Gasteiger partial charge >= 0.3 is 0 Å². The van der Waals surface area contributed by atoms with E-state index in [1.165, 1.54) is 0 Å². The minimum absolute atomic E-state index is 0.643. The second-order valence-electron chi connectivity index (χ2n) is 4.04. The molecule has 0 atom stereocenters. The van der Waals surface area contributed by atoms with Crippen molar-refractivity contribution >= 4 is 22.9 Å². The van der Waals surface area contributed by atoms with Crippen LogP contribution in [0.4, 0.5) is 5.69 Å². The largest absolute Gasteiger partial charge is 0.377 e. The van der Waals surface area contributed by atoms with E-state index in [1.807, 2.05) is 44.1 Å². The van der Waals surface area contributed by atoms with E-state index in [0.29, 0.717) is 5.56 Å². The van der Waals surface area contributed by atoms with Gasteiger partial charge < -0.3 is 4.90 Å². The van der Waals surface area contributed by atoms with Gasteiger partial charge in [-0.05, 0) is 19.1 Å². The van der Waals surface area contributed by atoms with E-state index in [9.17, 15) is 4.79 Å². The summed E-state index contributed by atoms with van der Waals surface area (Å²) in [5.41, 5.74) is 3.43. The quantitative estimate of drug-likeness (QED) is 0.720. The van der Waals surface area contributed by atoms with Gasteiger partial charge in [0, 0.05) is 36.4 Å². The molecule has 1 heterocycles. The molecule has 2 aromatic rings. The predicted octanol–water partition coefficient (Wildman–Crippen LogP) is 2.42. The molecule has 0 aliphatic heterocycles. The number of anilines is 1. The van der Waals surface area contributed by atoms with Crippen molar-refractivity contribution in [3.05, 3.63) is 35.5 Å². The van der Waals surface area contributed by atoms with Crippen LogP contribution in [0.3, 0.4) is 0 Å². The first-order chi connectivity index (χ1) is 7.63. The highest BCUT2D eigenvalue weighted by molar-refractivity contribution is 6.01. The van der Waals surface area contributed by atoms with Crippen LogP contribution >= 0.6 is 0 Å². The number of aldehydes is 1. The number of rotatable bonds is 2. The van der Waals surface area contributed by atoms with Crippen LogP contribution in [0, 0.1) is 6.92 Å². The van der Waals surface area contributed by atoms with Crippen molar-refractivity contribution in [2.24, 2.45) is 0 Å². The summed E-state index contributed by atoms with van der Waals surface area (Å²) in [7, 11) is 3.98. The summed E-state index contributed by atoms with van der Waals surface area (Å²) >= 11 is 0. The third-order valence-electron chi connectivity index (χ3n) is 2.59. The summed E-state index contributed by atoms with van der Waals surface area (Å²) in [5.74, 6) is 0. The van der Waals surface area contributed by atoms with E-state index in [1.54, 1.807) is 6.07 Å². The molecule has 0 aliphatic carbocycles. The third-order valence-corrected chi connectivity index (χ3v) is 2.59. The van der Waals surface area contributed by atoms with Crippen LogP contribution in [0.2, 0.25) is 0 Å². The van der Waals surface area contributed by atoms with Gasteiger partial charge in [0.1, 0.15) is 0 Å². The molecule has 0 aliphatic rings. The number of fused-ring (bicyclic) bond motifs is 1. The zero-order valence-corrected chi connectivity index (χ0v) is 9.69. The molecule has 0 bridgehead atoms. The van der Waals surface area contributed by atoms with Gasteiger partial charge in [0.25, 0.3) is 0 Å². The van der Waals surface area contributed by atoms with Crippen LogP contribution in [-0.4, -0.2) is 25.4 Å². The zero-order valence-electron chi connectivity index (χ0n) is 9.69. The lowest BCUT2D eigenvalue weighted by Gasteiger charge is -2.16. The molecule has 0 N–H and O–H groups in total. The van der Waals surface area contributed by atoms with Crippen LogP contribution in [0.5, 0.6) is 0 Å². The maximum absolute atomic E-state index is 11.0. The van der Waals surface area contributed by atoms with Crippen molar-refractivity contribution < 1.29 is 4.79 Å². The number of carbonyl (C=O) groups is 1. The van der Waals surface area contributed by atoms with Gasteiger partial charge in [-0.25, -0.2) is 0 Å². The summed E-state index contributed by atoms with van der Waals surface area (Å²) in [5, 5.41) is 1.01. The molecule has 3 heteroatoms. The van der Waals surface area contributed by atoms with Gasteiger partial charge in [0.05, 0.1) is 5.52 Å². The number of carbonyl (C=O) groups excluding carboxylic acids is 1. The first kappa shape index (κ1) is 10.6. The molecule has 0 saturated carbocycles. The van der Waals surface area contributed by atoms with Crippen molar-refractivity contribution in [3.63, 3.8) is 0 Å². The molecule has 16 heavy (non-hydrogen) atoms. The Kier molecular flexibility index (Phi) is 2.60. The fourth-order valence-corrected chi connectivity index (χ4v) is 1.84. The van der Waals surface area contributed by atoms with Gasteiger partial charge in [0.2, 0.25) is 0 Å². The normalized spacial score (nSPS) is 10.4. The standard InChI is InChI=1S/C13H14N2O/c1-9-7-12(15(2)3)11-6-4-5-10(8-16)13(11)14-9/h4-8H,1-3H3. The third kappa shape index (κ3) is 1.65. The highest BCUT2D eigenvalue weighted by atomic mass is 16.1. The topological polar surface area (TPSA) is 33.2 Å². The lowest BCUT2D eigenvalue weighted by molar-refractivity contribution is 0.112. The number of pyridine rings is 1. The van der Waals surface area contributed by atoms with Crippen molar-refractivity contribution in [2.45, 2.75) is 6.92 Å². The van der Waals surface area contributed by atoms with Crippen molar-refractivity contribution in [1.29, 1.82) is 0 Å². The molecule has 3 nitrogen and oxygen atoms in total. The molecule has 2 rings (SSSR count). The Bertz CT molecular complexity index is 547. The van der Waals surface area contributed by atoms with E-state index >= 15 is 0 Å². The summed E-state index contributed by atoms with van der Waals surface area (Å²) in [6.45, 7) is 1.94. The Morgan fingerprint density at radius 3 is 2.69 bits per heavy atom. The van der Waals surface area contributed by atoms with Crippen molar-refractivity contribution in [2.75, 3.05) is 19.0 Å². The van der Waals surface area contributed by atoms with E-state index in [0.717, 1.165) is 28.6 Å². The van der Waals surface area contributed by atoms with Crippen LogP contribution < -0.4 is 4.90 Å². The molecule has 0 saturated heterocycles. The monoisotopic (exact) mass is 214 g/mol. The lowest BCUT2D eigenvalue weighted by Crippen LogP contribution is -2.10. The highest BCUT2D eigenvalue weighted by Crippen LogP contribution is 2.26. The van der Waals surface area contributed by atoms with Gasteiger partial charge in [0.15, 0.2) is 6.29 Å². The first-order valence-corrected chi connectivity index (χ1v) is 5.16. The second-order valence-corrected chi connectivity index (χ2v) is 4.04. The summed E-state index contributed by atoms with van der Waals surface area (Å²) in [4.78, 5) is 17.4. The smallest absolute Gasteiger partial charge is 0.152 e. The SMILES string of the molecule is Cc1cc(N(C)C)c2cccc(C=O)c2n1. The highest BCUT2D eigenvalue weighted by Gasteiger charge is 2.08. The van der Waals surface area contributed by atoms with Gasteiger partial charge in [-0.1, -0.05) is 12.1 Å². The van der Waals surface area contributed by atoms with Crippen molar-refractivity contribution in [1.82, 2.24) is 4.98 Å². The number of benzene rings is 1. The molecular weight excluding hydrogens is 200 g/mol. The van der Waals surface area contributed by atoms with Crippen molar-refractivity contribution in [3.8, 4) is 0 Å². The number of hydrogen-bond donors (Lipinski definition) is 0. The van der Waals surface area contributed by atoms with Gasteiger partial charge in [-0.3, -0.25) is 9.78 Å². The maximum atomic E-state index is 11.0. The van der Waals surface area contributed by atoms with Crippen LogP contribution in [-0.2, 0) is 0 Å². The molecule has 1 aromatic carbocycles. The van der Waals surface area contributed by atoms with E-state index in [-0.39, 0.29) is 0 Å². The Morgan fingerprint density at radius 2 is 2.06 bits per heavy atom. The van der Waals surface area contributed by atoms with E-state index in [2.05, 4.69) is 4.98 Å². The maximum Gasteiger partial charge on any atom is 0.152 e. The fraction of sp³-hybridized carbons (Fsp3) is 0.231. The average molecular weight is 214 g/mol. The van der Waals surface area contributed by atoms with E-state index < -0.39 is 0 Å². The van der Waals surface area contributed by atoms with Gasteiger partial charge in [-0.2, -0.15) is 0 Å². The Labute approximate surface area is 94.7 Å². The van der Waals surface area contributed by atoms with Crippen LogP contribution in [0.1, 0.15) is 16.1 Å². The summed E-state index contributed by atoms with van der Waals surface area (Å²) < 4.78 is 0. The molecule has 1 aromatic heterocycles. The Morgan fingerprint density at radius 1 is 1.31 bits per heavy atom. The lowest BCUT2D eigenvalue weighted by atomic mass is 10.1. The number of hydrogen-bond acceptors (Lipinski definition) is 3. The molecule has 0 radical (unpaired) electrons. The summed E-state index contributed by atoms with van der Waals surface area (Å²) in [6, 6.07) is 7.69. The number of nitrogens with zero attached hydrogens (tertiary/aromatic N) is 2. The predicted molar refractivity (Wildman–Crippen MR) is 66.2 cm³/mol. The zero-order chi connectivity index (χ0) is 11.7. The number of aromatic nitrogens is 1.